The molecule has 0 aliphatic carbocycles. The minimum Gasteiger partial charge on any atom is -0.481 e. The van der Waals surface area contributed by atoms with E-state index in [0.29, 0.717) is 0 Å². The van der Waals surface area contributed by atoms with Gasteiger partial charge in [-0.3, -0.25) is 9.59 Å². The maximum Gasteiger partial charge on any atom is 0.573 e. The van der Waals surface area contributed by atoms with E-state index in [9.17, 15) is 22.8 Å². The molecule has 92 valence electrons. The number of benzene rings is 1. The van der Waals surface area contributed by atoms with Gasteiger partial charge in [0.15, 0.2) is 6.29 Å². The summed E-state index contributed by atoms with van der Waals surface area (Å²) in [6.45, 7) is 0. The molecule has 1 aromatic rings. The molecule has 1 N–H and O–H groups in total. The van der Waals surface area contributed by atoms with Gasteiger partial charge in [0.1, 0.15) is 5.75 Å². The Morgan fingerprint density at radius 2 is 2.06 bits per heavy atom. The van der Waals surface area contributed by atoms with Crippen molar-refractivity contribution in [2.75, 3.05) is 0 Å². The number of hydrogen-bond acceptors (Lipinski definition) is 3. The zero-order chi connectivity index (χ0) is 13.1. The molecule has 0 spiro atoms. The van der Waals surface area contributed by atoms with Crippen LogP contribution in [0.1, 0.15) is 15.9 Å². The van der Waals surface area contributed by atoms with Crippen LogP contribution in [0.4, 0.5) is 13.2 Å². The number of halogens is 3. The fourth-order valence-electron chi connectivity index (χ4n) is 1.25. The number of aliphatic carboxylic acids is 1. The van der Waals surface area contributed by atoms with Crippen LogP contribution in [0.25, 0.3) is 0 Å². The zero-order valence-corrected chi connectivity index (χ0v) is 8.32. The summed E-state index contributed by atoms with van der Waals surface area (Å²) in [5.74, 6) is -1.96. The van der Waals surface area contributed by atoms with Crippen molar-refractivity contribution in [3.05, 3.63) is 29.3 Å². The maximum absolute atomic E-state index is 12.0. The van der Waals surface area contributed by atoms with Crippen LogP contribution in [0, 0.1) is 0 Å². The summed E-state index contributed by atoms with van der Waals surface area (Å²) in [6.07, 6.45) is -5.35. The third kappa shape index (κ3) is 3.78. The Kier molecular flexibility index (Phi) is 3.72. The van der Waals surface area contributed by atoms with Crippen molar-refractivity contribution in [1.82, 2.24) is 0 Å². The van der Waals surface area contributed by atoms with E-state index >= 15 is 0 Å². The Morgan fingerprint density at radius 3 is 2.53 bits per heavy atom. The van der Waals surface area contributed by atoms with Crippen molar-refractivity contribution < 1.29 is 32.6 Å². The molecule has 17 heavy (non-hydrogen) atoms. The van der Waals surface area contributed by atoms with Gasteiger partial charge in [0, 0.05) is 0 Å². The molecule has 0 atom stereocenters. The fraction of sp³-hybridized carbons (Fsp3) is 0.200. The Hall–Kier alpha value is -2.05. The summed E-state index contributed by atoms with van der Waals surface area (Å²) in [5.41, 5.74) is -0.443. The van der Waals surface area contributed by atoms with Gasteiger partial charge < -0.3 is 9.84 Å². The number of carboxylic acids is 1. The number of alkyl halides is 3. The average molecular weight is 248 g/mol. The Labute approximate surface area is 93.6 Å². The van der Waals surface area contributed by atoms with Gasteiger partial charge in [0.2, 0.25) is 0 Å². The van der Waals surface area contributed by atoms with Gasteiger partial charge in [-0.05, 0) is 11.6 Å². The van der Waals surface area contributed by atoms with Gasteiger partial charge in [-0.2, -0.15) is 0 Å². The van der Waals surface area contributed by atoms with Crippen molar-refractivity contribution in [2.24, 2.45) is 0 Å². The lowest BCUT2D eigenvalue weighted by atomic mass is 10.0. The van der Waals surface area contributed by atoms with Crippen molar-refractivity contribution >= 4 is 12.3 Å². The van der Waals surface area contributed by atoms with Crippen LogP contribution >= 0.6 is 0 Å². The van der Waals surface area contributed by atoms with E-state index in [1.54, 1.807) is 0 Å². The van der Waals surface area contributed by atoms with Crippen LogP contribution in [0.5, 0.6) is 5.75 Å². The van der Waals surface area contributed by atoms with Crippen LogP contribution in [0.15, 0.2) is 18.2 Å². The minimum atomic E-state index is -4.93. The highest BCUT2D eigenvalue weighted by molar-refractivity contribution is 5.84. The fourth-order valence-corrected chi connectivity index (χ4v) is 1.25. The lowest BCUT2D eigenvalue weighted by molar-refractivity contribution is -0.274. The van der Waals surface area contributed by atoms with Crippen molar-refractivity contribution in [3.8, 4) is 5.75 Å². The molecule has 0 radical (unpaired) electrons. The first-order valence-electron chi connectivity index (χ1n) is 4.38. The molecule has 0 bridgehead atoms. The number of carbonyl (C=O) groups excluding carboxylic acids is 1. The highest BCUT2D eigenvalue weighted by Crippen LogP contribution is 2.27. The largest absolute Gasteiger partial charge is 0.573 e. The van der Waals surface area contributed by atoms with E-state index in [1.807, 2.05) is 0 Å². The van der Waals surface area contributed by atoms with E-state index in [-0.39, 0.29) is 11.8 Å². The number of aldehydes is 1. The molecule has 0 heterocycles. The molecule has 0 aromatic heterocycles. The third-order valence-corrected chi connectivity index (χ3v) is 1.84. The normalized spacial score (nSPS) is 11.0. The lowest BCUT2D eigenvalue weighted by Gasteiger charge is -2.12. The van der Waals surface area contributed by atoms with E-state index in [4.69, 9.17) is 5.11 Å². The Balaban J connectivity index is 3.14. The van der Waals surface area contributed by atoms with Crippen molar-refractivity contribution in [1.29, 1.82) is 0 Å². The summed E-state index contributed by atoms with van der Waals surface area (Å²) in [6, 6.07) is 3.38. The second-order valence-corrected chi connectivity index (χ2v) is 3.07. The molecule has 0 fully saturated rings. The smallest absolute Gasteiger partial charge is 0.481 e. The highest BCUT2D eigenvalue weighted by atomic mass is 19.4. The van der Waals surface area contributed by atoms with Gasteiger partial charge in [-0.1, -0.05) is 12.1 Å². The van der Waals surface area contributed by atoms with Gasteiger partial charge in [-0.25, -0.2) is 0 Å². The predicted molar refractivity (Wildman–Crippen MR) is 49.9 cm³/mol. The first-order valence-corrected chi connectivity index (χ1v) is 4.38. The molecule has 0 aliphatic rings. The molecular weight excluding hydrogens is 241 g/mol. The van der Waals surface area contributed by atoms with Gasteiger partial charge in [-0.15, -0.1) is 13.2 Å². The summed E-state index contributed by atoms with van der Waals surface area (Å²) in [7, 11) is 0. The monoisotopic (exact) mass is 248 g/mol. The van der Waals surface area contributed by atoms with Crippen LogP contribution < -0.4 is 4.74 Å². The second-order valence-electron chi connectivity index (χ2n) is 3.07. The second kappa shape index (κ2) is 4.86. The average Bonchev–Trinajstić information content (AvgIpc) is 2.14. The molecule has 1 aromatic carbocycles. The summed E-state index contributed by atoms with van der Waals surface area (Å²) >= 11 is 0. The first-order chi connectivity index (χ1) is 7.83. The van der Waals surface area contributed by atoms with Crippen LogP contribution in [0.2, 0.25) is 0 Å². The number of hydrogen-bond donors (Lipinski definition) is 1. The van der Waals surface area contributed by atoms with E-state index in [0.717, 1.165) is 6.07 Å². The molecular formula is C10H7F3O4. The molecule has 0 saturated carbocycles. The van der Waals surface area contributed by atoms with Crippen LogP contribution in [-0.2, 0) is 11.2 Å². The van der Waals surface area contributed by atoms with Gasteiger partial charge >= 0.3 is 12.3 Å². The van der Waals surface area contributed by atoms with Crippen LogP contribution in [0.3, 0.4) is 0 Å². The molecule has 1 rings (SSSR count). The lowest BCUT2D eigenvalue weighted by Crippen LogP contribution is -2.18. The van der Waals surface area contributed by atoms with Gasteiger partial charge in [0.05, 0.1) is 12.0 Å². The predicted octanol–water partition coefficient (Wildman–Crippen LogP) is 2.02. The molecule has 0 amide bonds. The minimum absolute atomic E-state index is 0.0331. The number of carbonyl (C=O) groups is 2. The quantitative estimate of drug-likeness (QED) is 0.828. The Bertz CT molecular complexity index is 440. The molecule has 0 unspecified atom stereocenters. The molecule has 0 saturated heterocycles. The molecule has 0 aliphatic heterocycles. The van der Waals surface area contributed by atoms with Gasteiger partial charge in [0.25, 0.3) is 0 Å². The number of ether oxygens (including phenoxy) is 1. The van der Waals surface area contributed by atoms with Crippen molar-refractivity contribution in [2.45, 2.75) is 12.8 Å². The first kappa shape index (κ1) is 13.0. The van der Waals surface area contributed by atoms with E-state index in [2.05, 4.69) is 4.74 Å². The maximum atomic E-state index is 12.0. The molecule has 7 heteroatoms. The topological polar surface area (TPSA) is 63.6 Å². The summed E-state index contributed by atoms with van der Waals surface area (Å²) in [4.78, 5) is 21.1. The van der Waals surface area contributed by atoms with Crippen LogP contribution in [-0.4, -0.2) is 23.7 Å². The number of rotatable bonds is 4. The summed E-state index contributed by atoms with van der Waals surface area (Å²) in [5, 5.41) is 8.53. The molecule has 4 nitrogen and oxygen atoms in total. The summed E-state index contributed by atoms with van der Waals surface area (Å²) < 4.78 is 39.6. The standard InChI is InChI=1S/C10H7F3O4/c11-10(12,13)17-8-3-1-2-6(4-9(15)16)7(8)5-14/h1-3,5H,4H2,(H,15,16). The van der Waals surface area contributed by atoms with E-state index in [1.165, 1.54) is 12.1 Å². The Morgan fingerprint density at radius 1 is 1.41 bits per heavy atom. The van der Waals surface area contributed by atoms with Crippen molar-refractivity contribution in [3.63, 3.8) is 0 Å². The highest BCUT2D eigenvalue weighted by Gasteiger charge is 2.32. The third-order valence-electron chi connectivity index (χ3n) is 1.84. The zero-order valence-electron chi connectivity index (χ0n) is 8.32. The number of carboxylic acid groups (broad SMARTS) is 1. The SMILES string of the molecule is O=Cc1c(CC(=O)O)cccc1OC(F)(F)F. The van der Waals surface area contributed by atoms with E-state index < -0.39 is 30.1 Å².